The van der Waals surface area contributed by atoms with Gasteiger partial charge in [-0.3, -0.25) is 4.79 Å². The molecule has 104 valence electrons. The fourth-order valence-electron chi connectivity index (χ4n) is 2.50. The Morgan fingerprint density at radius 2 is 1.84 bits per heavy atom. The summed E-state index contributed by atoms with van der Waals surface area (Å²) in [6, 6.07) is 5.89. The van der Waals surface area contributed by atoms with Crippen molar-refractivity contribution in [3.63, 3.8) is 0 Å². The van der Waals surface area contributed by atoms with Crippen molar-refractivity contribution in [3.05, 3.63) is 35.6 Å². The molecule has 0 aliphatic heterocycles. The van der Waals surface area contributed by atoms with Crippen molar-refractivity contribution in [2.45, 2.75) is 44.1 Å². The minimum absolute atomic E-state index is 0.134. The lowest BCUT2D eigenvalue weighted by molar-refractivity contribution is -0.122. The van der Waals surface area contributed by atoms with Crippen LogP contribution in [0.1, 0.15) is 37.7 Å². The number of hydrogen-bond donors (Lipinski definition) is 2. The van der Waals surface area contributed by atoms with E-state index in [0.29, 0.717) is 6.54 Å². The van der Waals surface area contributed by atoms with E-state index in [1.807, 2.05) is 0 Å². The van der Waals surface area contributed by atoms with Gasteiger partial charge < -0.3 is 10.4 Å². The second-order valence-electron chi connectivity index (χ2n) is 5.36. The average molecular weight is 265 g/mol. The fourth-order valence-corrected chi connectivity index (χ4v) is 2.50. The highest BCUT2D eigenvalue weighted by molar-refractivity contribution is 5.78. The zero-order valence-electron chi connectivity index (χ0n) is 11.0. The summed E-state index contributed by atoms with van der Waals surface area (Å²) in [5.41, 5.74) is 0.0333. The average Bonchev–Trinajstić information content (AvgIpc) is 2.40. The number of rotatable bonds is 4. The van der Waals surface area contributed by atoms with Crippen molar-refractivity contribution >= 4 is 5.91 Å². The molecule has 0 spiro atoms. The number of halogens is 1. The van der Waals surface area contributed by atoms with E-state index in [-0.39, 0.29) is 18.1 Å². The van der Waals surface area contributed by atoms with Crippen LogP contribution in [0, 0.1) is 5.82 Å². The van der Waals surface area contributed by atoms with Gasteiger partial charge in [0.15, 0.2) is 0 Å². The van der Waals surface area contributed by atoms with E-state index in [2.05, 4.69) is 5.32 Å². The highest BCUT2D eigenvalue weighted by Crippen LogP contribution is 2.27. The molecule has 1 fully saturated rings. The molecule has 0 bridgehead atoms. The summed E-state index contributed by atoms with van der Waals surface area (Å²) < 4.78 is 12.7. The quantitative estimate of drug-likeness (QED) is 0.876. The van der Waals surface area contributed by atoms with E-state index in [0.717, 1.165) is 37.7 Å². The van der Waals surface area contributed by atoms with Crippen molar-refractivity contribution in [1.82, 2.24) is 5.32 Å². The summed E-state index contributed by atoms with van der Waals surface area (Å²) in [5.74, 6) is -0.439. The van der Waals surface area contributed by atoms with Gasteiger partial charge in [0, 0.05) is 6.54 Å². The van der Waals surface area contributed by atoms with Gasteiger partial charge in [-0.1, -0.05) is 31.4 Å². The van der Waals surface area contributed by atoms with E-state index < -0.39 is 5.60 Å². The van der Waals surface area contributed by atoms with Gasteiger partial charge in [0.2, 0.25) is 5.91 Å². The molecule has 1 aliphatic carbocycles. The van der Waals surface area contributed by atoms with Gasteiger partial charge in [0.25, 0.3) is 0 Å². The van der Waals surface area contributed by atoms with Crippen LogP contribution in [-0.4, -0.2) is 23.2 Å². The summed E-state index contributed by atoms with van der Waals surface area (Å²) in [5, 5.41) is 13.0. The van der Waals surface area contributed by atoms with Gasteiger partial charge in [-0.05, 0) is 30.5 Å². The van der Waals surface area contributed by atoms with Crippen molar-refractivity contribution in [2.75, 3.05) is 6.54 Å². The third-order valence-corrected chi connectivity index (χ3v) is 3.68. The number of carbonyl (C=O) groups is 1. The van der Waals surface area contributed by atoms with Gasteiger partial charge in [0.05, 0.1) is 12.0 Å². The van der Waals surface area contributed by atoms with Crippen LogP contribution >= 0.6 is 0 Å². The molecule has 0 heterocycles. The molecule has 1 aromatic rings. The van der Waals surface area contributed by atoms with Gasteiger partial charge >= 0.3 is 0 Å². The Kier molecular flexibility index (Phi) is 4.53. The minimum atomic E-state index is -0.739. The number of benzene rings is 1. The molecule has 1 saturated carbocycles. The second-order valence-corrected chi connectivity index (χ2v) is 5.36. The van der Waals surface area contributed by atoms with Crippen molar-refractivity contribution in [3.8, 4) is 0 Å². The predicted octanol–water partition coefficient (Wildman–Crippen LogP) is 2.18. The molecule has 0 aromatic heterocycles. The number of nitrogens with one attached hydrogen (secondary N) is 1. The van der Waals surface area contributed by atoms with Crippen LogP contribution in [0.2, 0.25) is 0 Å². The van der Waals surface area contributed by atoms with Crippen molar-refractivity contribution in [1.29, 1.82) is 0 Å². The zero-order valence-corrected chi connectivity index (χ0v) is 11.0. The molecule has 0 unspecified atom stereocenters. The Morgan fingerprint density at radius 3 is 2.47 bits per heavy atom. The van der Waals surface area contributed by atoms with Crippen LogP contribution in [0.15, 0.2) is 24.3 Å². The molecule has 1 aromatic carbocycles. The number of carbonyl (C=O) groups excluding carboxylic acids is 1. The lowest BCUT2D eigenvalue weighted by atomic mass is 9.85. The molecule has 2 rings (SSSR count). The van der Waals surface area contributed by atoms with Gasteiger partial charge in [-0.25, -0.2) is 4.39 Å². The van der Waals surface area contributed by atoms with Crippen LogP contribution in [0.4, 0.5) is 4.39 Å². The first kappa shape index (κ1) is 14.0. The molecule has 19 heavy (non-hydrogen) atoms. The second kappa shape index (κ2) is 6.15. The minimum Gasteiger partial charge on any atom is -0.388 e. The van der Waals surface area contributed by atoms with Gasteiger partial charge in [-0.2, -0.15) is 0 Å². The fraction of sp³-hybridized carbons (Fsp3) is 0.533. The first-order chi connectivity index (χ1) is 9.07. The zero-order chi connectivity index (χ0) is 13.7. The molecule has 0 atom stereocenters. The largest absolute Gasteiger partial charge is 0.388 e. The Hall–Kier alpha value is -1.42. The maximum absolute atomic E-state index is 12.7. The summed E-state index contributed by atoms with van der Waals surface area (Å²) in [4.78, 5) is 11.8. The first-order valence-electron chi connectivity index (χ1n) is 6.81. The molecular formula is C15H20FNO2. The normalized spacial score (nSPS) is 18.0. The lowest BCUT2D eigenvalue weighted by Crippen LogP contribution is -2.44. The molecule has 3 nitrogen and oxygen atoms in total. The summed E-state index contributed by atoms with van der Waals surface area (Å²) in [6.07, 6.45) is 4.92. The van der Waals surface area contributed by atoms with E-state index >= 15 is 0 Å². The monoisotopic (exact) mass is 265 g/mol. The Bertz CT molecular complexity index is 424. The van der Waals surface area contributed by atoms with Crippen LogP contribution in [0.25, 0.3) is 0 Å². The molecule has 4 heteroatoms. The SMILES string of the molecule is O=C(Cc1ccc(F)cc1)NCC1(O)CCCCC1. The Balaban J connectivity index is 1.79. The molecular weight excluding hydrogens is 245 g/mol. The molecule has 0 saturated heterocycles. The van der Waals surface area contributed by atoms with E-state index in [4.69, 9.17) is 0 Å². The smallest absolute Gasteiger partial charge is 0.224 e. The molecule has 1 aliphatic rings. The highest BCUT2D eigenvalue weighted by Gasteiger charge is 2.29. The summed E-state index contributed by atoms with van der Waals surface area (Å²) >= 11 is 0. The number of aliphatic hydroxyl groups is 1. The summed E-state index contributed by atoms with van der Waals surface area (Å²) in [7, 11) is 0. The lowest BCUT2D eigenvalue weighted by Gasteiger charge is -2.32. The maximum Gasteiger partial charge on any atom is 0.224 e. The Morgan fingerprint density at radius 1 is 1.21 bits per heavy atom. The molecule has 0 radical (unpaired) electrons. The maximum atomic E-state index is 12.7. The number of amides is 1. The molecule has 2 N–H and O–H groups in total. The Labute approximate surface area is 112 Å². The number of hydrogen-bond acceptors (Lipinski definition) is 2. The van der Waals surface area contributed by atoms with Crippen molar-refractivity contribution < 1.29 is 14.3 Å². The van der Waals surface area contributed by atoms with E-state index in [9.17, 15) is 14.3 Å². The van der Waals surface area contributed by atoms with Gasteiger partial charge in [0.1, 0.15) is 5.82 Å². The third-order valence-electron chi connectivity index (χ3n) is 3.68. The van der Waals surface area contributed by atoms with Gasteiger partial charge in [-0.15, -0.1) is 0 Å². The highest BCUT2D eigenvalue weighted by atomic mass is 19.1. The van der Waals surface area contributed by atoms with Crippen molar-refractivity contribution in [2.24, 2.45) is 0 Å². The predicted molar refractivity (Wildman–Crippen MR) is 71.1 cm³/mol. The molecule has 1 amide bonds. The topological polar surface area (TPSA) is 49.3 Å². The van der Waals surface area contributed by atoms with Crippen LogP contribution in [-0.2, 0) is 11.2 Å². The first-order valence-corrected chi connectivity index (χ1v) is 6.81. The van der Waals surface area contributed by atoms with E-state index in [1.54, 1.807) is 12.1 Å². The third kappa shape index (κ3) is 4.31. The van der Waals surface area contributed by atoms with Crippen LogP contribution in [0.5, 0.6) is 0 Å². The summed E-state index contributed by atoms with van der Waals surface area (Å²) in [6.45, 7) is 0.313. The van der Waals surface area contributed by atoms with Crippen LogP contribution < -0.4 is 5.32 Å². The van der Waals surface area contributed by atoms with Crippen LogP contribution in [0.3, 0.4) is 0 Å². The van der Waals surface area contributed by atoms with E-state index in [1.165, 1.54) is 12.1 Å². The standard InChI is InChI=1S/C15H20FNO2/c16-13-6-4-12(5-7-13)10-14(18)17-11-15(19)8-2-1-3-9-15/h4-7,19H,1-3,8-11H2,(H,17,18).